The van der Waals surface area contributed by atoms with Crippen molar-refractivity contribution in [3.05, 3.63) is 12.2 Å². The van der Waals surface area contributed by atoms with Gasteiger partial charge in [0.2, 0.25) is 0 Å². The van der Waals surface area contributed by atoms with Gasteiger partial charge in [-0.1, -0.05) is 25.0 Å². The van der Waals surface area contributed by atoms with Crippen LogP contribution in [0.25, 0.3) is 0 Å². The van der Waals surface area contributed by atoms with E-state index in [9.17, 15) is 8.42 Å². The molecule has 1 N–H and O–H groups in total. The Balaban J connectivity index is 2.44. The Hall–Kier alpha value is -0.100. The van der Waals surface area contributed by atoms with Gasteiger partial charge in [0.25, 0.3) is 10.2 Å². The first-order valence-electron chi connectivity index (χ1n) is 5.62. The monoisotopic (exact) mass is 266 g/mol. The van der Waals surface area contributed by atoms with Crippen molar-refractivity contribution in [1.29, 1.82) is 0 Å². The van der Waals surface area contributed by atoms with Crippen LogP contribution in [-0.2, 0) is 10.2 Å². The average molecular weight is 267 g/mol. The third-order valence-corrected chi connectivity index (χ3v) is 4.30. The zero-order valence-electron chi connectivity index (χ0n) is 9.36. The fraction of sp³-hybridized carbons (Fsp3) is 0.800. The number of allylic oxidation sites excluding steroid dienone is 1. The lowest BCUT2D eigenvalue weighted by atomic mass is 10.2. The molecule has 0 aromatic heterocycles. The van der Waals surface area contributed by atoms with Crippen LogP contribution in [0.1, 0.15) is 25.7 Å². The molecular weight excluding hydrogens is 248 g/mol. The van der Waals surface area contributed by atoms with Gasteiger partial charge in [0.1, 0.15) is 0 Å². The van der Waals surface area contributed by atoms with Gasteiger partial charge in [-0.05, 0) is 12.8 Å². The maximum atomic E-state index is 11.8. The van der Waals surface area contributed by atoms with Crippen LogP contribution in [-0.4, -0.2) is 38.2 Å². The van der Waals surface area contributed by atoms with E-state index in [0.717, 1.165) is 25.7 Å². The highest BCUT2D eigenvalue weighted by atomic mass is 35.5. The summed E-state index contributed by atoms with van der Waals surface area (Å²) < 4.78 is 27.8. The van der Waals surface area contributed by atoms with Gasteiger partial charge < -0.3 is 0 Å². The molecule has 4 nitrogen and oxygen atoms in total. The molecule has 1 heterocycles. The van der Waals surface area contributed by atoms with Crippen molar-refractivity contribution in [1.82, 2.24) is 9.03 Å². The fourth-order valence-corrected chi connectivity index (χ4v) is 3.03. The number of hydrogen-bond donors (Lipinski definition) is 1. The van der Waals surface area contributed by atoms with Crippen molar-refractivity contribution in [3.8, 4) is 0 Å². The van der Waals surface area contributed by atoms with E-state index >= 15 is 0 Å². The van der Waals surface area contributed by atoms with Gasteiger partial charge in [0.15, 0.2) is 0 Å². The molecule has 0 aromatic rings. The summed E-state index contributed by atoms with van der Waals surface area (Å²) in [5, 5.41) is 0. The van der Waals surface area contributed by atoms with Crippen molar-refractivity contribution in [2.75, 3.05) is 25.5 Å². The van der Waals surface area contributed by atoms with Gasteiger partial charge >= 0.3 is 0 Å². The predicted molar refractivity (Wildman–Crippen MR) is 66.8 cm³/mol. The topological polar surface area (TPSA) is 49.4 Å². The molecule has 0 amide bonds. The Morgan fingerprint density at radius 2 is 1.75 bits per heavy atom. The predicted octanol–water partition coefficient (Wildman–Crippen LogP) is 1.49. The lowest BCUT2D eigenvalue weighted by Gasteiger charge is -2.19. The minimum Gasteiger partial charge on any atom is -0.198 e. The number of nitrogens with one attached hydrogen (secondary N) is 1. The van der Waals surface area contributed by atoms with E-state index in [0.29, 0.717) is 25.5 Å². The molecule has 0 aromatic carbocycles. The second-order valence-electron chi connectivity index (χ2n) is 3.79. The van der Waals surface area contributed by atoms with E-state index in [1.807, 2.05) is 0 Å². The number of hydrogen-bond acceptors (Lipinski definition) is 2. The lowest BCUT2D eigenvalue weighted by molar-refractivity contribution is 0.416. The third kappa shape index (κ3) is 4.82. The van der Waals surface area contributed by atoms with Gasteiger partial charge in [-0.3, -0.25) is 0 Å². The second-order valence-corrected chi connectivity index (χ2v) is 5.86. The summed E-state index contributed by atoms with van der Waals surface area (Å²) >= 11 is 5.45. The van der Waals surface area contributed by atoms with E-state index in [2.05, 4.69) is 4.72 Å². The minimum absolute atomic E-state index is 0.311. The van der Waals surface area contributed by atoms with Crippen LogP contribution >= 0.6 is 11.6 Å². The Morgan fingerprint density at radius 3 is 2.31 bits per heavy atom. The molecule has 6 heteroatoms. The largest absolute Gasteiger partial charge is 0.279 e. The van der Waals surface area contributed by atoms with Crippen molar-refractivity contribution in [2.45, 2.75) is 25.7 Å². The van der Waals surface area contributed by atoms with Gasteiger partial charge in [-0.25, -0.2) is 0 Å². The highest BCUT2D eigenvalue weighted by Crippen LogP contribution is 2.12. The molecule has 1 aliphatic heterocycles. The van der Waals surface area contributed by atoms with Crippen LogP contribution in [0.3, 0.4) is 0 Å². The first-order chi connectivity index (χ1) is 7.67. The van der Waals surface area contributed by atoms with Crippen LogP contribution in [0, 0.1) is 0 Å². The van der Waals surface area contributed by atoms with Crippen LogP contribution in [0.4, 0.5) is 0 Å². The van der Waals surface area contributed by atoms with Crippen molar-refractivity contribution >= 4 is 21.8 Å². The van der Waals surface area contributed by atoms with Crippen molar-refractivity contribution in [2.24, 2.45) is 0 Å². The molecular formula is C10H19ClN2O2S. The molecule has 0 bridgehead atoms. The molecule has 0 spiro atoms. The molecule has 1 fully saturated rings. The van der Waals surface area contributed by atoms with Crippen LogP contribution in [0.5, 0.6) is 0 Å². The molecule has 0 unspecified atom stereocenters. The average Bonchev–Trinajstić information content (AvgIpc) is 2.53. The maximum absolute atomic E-state index is 11.8. The van der Waals surface area contributed by atoms with Gasteiger partial charge in [0.05, 0.1) is 0 Å². The summed E-state index contributed by atoms with van der Waals surface area (Å²) in [4.78, 5) is 0. The van der Waals surface area contributed by atoms with Crippen molar-refractivity contribution < 1.29 is 8.42 Å². The Bertz CT molecular complexity index is 309. The first-order valence-corrected chi connectivity index (χ1v) is 7.60. The second kappa shape index (κ2) is 7.27. The van der Waals surface area contributed by atoms with E-state index in [4.69, 9.17) is 11.6 Å². The lowest BCUT2D eigenvalue weighted by Crippen LogP contribution is -2.41. The van der Waals surface area contributed by atoms with Crippen LogP contribution < -0.4 is 4.72 Å². The van der Waals surface area contributed by atoms with Crippen molar-refractivity contribution in [3.63, 3.8) is 0 Å². The number of halogens is 1. The Morgan fingerprint density at radius 1 is 1.12 bits per heavy atom. The van der Waals surface area contributed by atoms with Gasteiger partial charge in [-0.15, -0.1) is 11.6 Å². The van der Waals surface area contributed by atoms with Crippen LogP contribution in [0.2, 0.25) is 0 Å². The molecule has 0 radical (unpaired) electrons. The van der Waals surface area contributed by atoms with E-state index in [1.54, 1.807) is 12.2 Å². The number of rotatable bonds is 5. The normalized spacial score (nSPS) is 20.1. The molecule has 0 aliphatic carbocycles. The van der Waals surface area contributed by atoms with Gasteiger partial charge in [-0.2, -0.15) is 17.4 Å². The molecule has 1 saturated heterocycles. The summed E-state index contributed by atoms with van der Waals surface area (Å²) in [6.45, 7) is 1.58. The standard InChI is InChI=1S/C10H19ClN2O2S/c11-7-3-4-8-12-16(14,15)13-9-5-1-2-6-10-13/h3-4,12H,1-2,5-10H2/b4-3+. The van der Waals surface area contributed by atoms with E-state index in [-0.39, 0.29) is 0 Å². The number of alkyl halides is 1. The maximum Gasteiger partial charge on any atom is 0.279 e. The molecule has 1 rings (SSSR count). The quantitative estimate of drug-likeness (QED) is 0.606. The van der Waals surface area contributed by atoms with E-state index in [1.165, 1.54) is 4.31 Å². The minimum atomic E-state index is -3.30. The molecule has 16 heavy (non-hydrogen) atoms. The fourth-order valence-electron chi connectivity index (χ4n) is 1.67. The zero-order valence-corrected chi connectivity index (χ0v) is 10.9. The molecule has 0 saturated carbocycles. The Labute approximate surface area is 103 Å². The molecule has 94 valence electrons. The van der Waals surface area contributed by atoms with Gasteiger partial charge in [0, 0.05) is 25.5 Å². The Kier molecular flexibility index (Phi) is 6.34. The van der Waals surface area contributed by atoms with Crippen LogP contribution in [0.15, 0.2) is 12.2 Å². The highest BCUT2D eigenvalue weighted by molar-refractivity contribution is 7.87. The summed E-state index contributed by atoms with van der Waals surface area (Å²) in [5.41, 5.74) is 0. The smallest absolute Gasteiger partial charge is 0.198 e. The highest BCUT2D eigenvalue weighted by Gasteiger charge is 2.21. The molecule has 0 atom stereocenters. The summed E-state index contributed by atoms with van der Waals surface area (Å²) in [6.07, 6.45) is 7.61. The number of nitrogens with zero attached hydrogens (tertiary/aromatic N) is 1. The SMILES string of the molecule is O=S(=O)(NC/C=C/CCl)N1CCCCCC1. The summed E-state index contributed by atoms with van der Waals surface area (Å²) in [6, 6.07) is 0. The first kappa shape index (κ1) is 14.0. The molecule has 1 aliphatic rings. The summed E-state index contributed by atoms with van der Waals surface area (Å²) in [7, 11) is -3.30. The third-order valence-electron chi connectivity index (χ3n) is 2.54. The van der Waals surface area contributed by atoms with E-state index < -0.39 is 10.2 Å². The summed E-state index contributed by atoms with van der Waals surface area (Å²) in [5.74, 6) is 0.408. The zero-order chi connectivity index (χ0) is 11.9.